The van der Waals surface area contributed by atoms with Gasteiger partial charge in [0, 0.05) is 31.7 Å². The van der Waals surface area contributed by atoms with E-state index in [9.17, 15) is 4.79 Å². The molecule has 1 amide bonds. The van der Waals surface area contributed by atoms with Crippen molar-refractivity contribution in [1.29, 1.82) is 0 Å². The molecule has 3 rings (SSSR count). The third kappa shape index (κ3) is 4.41. The van der Waals surface area contributed by atoms with Crippen molar-refractivity contribution in [2.75, 3.05) is 11.9 Å². The molecule has 0 saturated carbocycles. The predicted molar refractivity (Wildman–Crippen MR) is 99.2 cm³/mol. The average Bonchev–Trinajstić information content (AvgIpc) is 2.68. The molecule has 0 unspecified atom stereocenters. The van der Waals surface area contributed by atoms with E-state index in [-0.39, 0.29) is 5.91 Å². The minimum atomic E-state index is -0.104. The molecule has 0 aliphatic carbocycles. The van der Waals surface area contributed by atoms with E-state index < -0.39 is 0 Å². The van der Waals surface area contributed by atoms with Crippen LogP contribution < -0.4 is 10.6 Å². The number of nitrogens with one attached hydrogen (secondary N) is 2. The van der Waals surface area contributed by atoms with Gasteiger partial charge in [0.25, 0.3) is 5.91 Å². The Morgan fingerprint density at radius 3 is 2.48 bits per heavy atom. The van der Waals surface area contributed by atoms with Crippen LogP contribution in [0.3, 0.4) is 0 Å². The minimum absolute atomic E-state index is 0.104. The van der Waals surface area contributed by atoms with Crippen LogP contribution in [0.1, 0.15) is 22.8 Å². The first-order chi connectivity index (χ1) is 12.3. The molecule has 0 aliphatic heterocycles. The highest BCUT2D eigenvalue weighted by molar-refractivity contribution is 5.93. The van der Waals surface area contributed by atoms with Gasteiger partial charge in [0.2, 0.25) is 0 Å². The van der Waals surface area contributed by atoms with E-state index in [4.69, 9.17) is 0 Å². The smallest absolute Gasteiger partial charge is 0.252 e. The Labute approximate surface area is 147 Å². The third-order valence-electron chi connectivity index (χ3n) is 3.79. The molecule has 126 valence electrons. The molecule has 0 radical (unpaired) electrons. The molecule has 1 aromatic carbocycles. The van der Waals surface area contributed by atoms with Crippen molar-refractivity contribution < 1.29 is 4.79 Å². The van der Waals surface area contributed by atoms with E-state index in [1.165, 1.54) is 0 Å². The Kier molecular flexibility index (Phi) is 5.36. The van der Waals surface area contributed by atoms with Gasteiger partial charge < -0.3 is 10.6 Å². The van der Waals surface area contributed by atoms with Gasteiger partial charge in [-0.1, -0.05) is 30.3 Å². The van der Waals surface area contributed by atoms with E-state index >= 15 is 0 Å². The molecule has 0 atom stereocenters. The molecule has 2 N–H and O–H groups in total. The summed E-state index contributed by atoms with van der Waals surface area (Å²) in [6.07, 6.45) is 5.21. The molecule has 25 heavy (non-hydrogen) atoms. The Hall–Kier alpha value is -3.21. The van der Waals surface area contributed by atoms with Crippen LogP contribution in [0.15, 0.2) is 67.1 Å². The number of hydrogen-bond donors (Lipinski definition) is 2. The molecule has 5 nitrogen and oxygen atoms in total. The van der Waals surface area contributed by atoms with Gasteiger partial charge >= 0.3 is 0 Å². The number of aromatic nitrogens is 2. The summed E-state index contributed by atoms with van der Waals surface area (Å²) in [6, 6.07) is 15.9. The molecular weight excluding hydrogens is 312 g/mol. The van der Waals surface area contributed by atoms with Crippen LogP contribution in [0.2, 0.25) is 0 Å². The van der Waals surface area contributed by atoms with Crippen molar-refractivity contribution in [2.24, 2.45) is 0 Å². The van der Waals surface area contributed by atoms with E-state index in [0.717, 1.165) is 22.5 Å². The monoisotopic (exact) mass is 332 g/mol. The Morgan fingerprint density at radius 2 is 1.84 bits per heavy atom. The van der Waals surface area contributed by atoms with E-state index in [2.05, 4.69) is 44.9 Å². The zero-order valence-electron chi connectivity index (χ0n) is 14.1. The largest absolute Gasteiger partial charge is 0.366 e. The highest BCUT2D eigenvalue weighted by Crippen LogP contribution is 2.18. The number of hydrogen-bond acceptors (Lipinski definition) is 4. The van der Waals surface area contributed by atoms with E-state index in [0.29, 0.717) is 18.7 Å². The zero-order valence-corrected chi connectivity index (χ0v) is 14.1. The number of carbonyl (C=O) groups is 1. The fraction of sp³-hybridized carbons (Fsp3) is 0.150. The fourth-order valence-corrected chi connectivity index (χ4v) is 2.44. The second kappa shape index (κ2) is 8.06. The van der Waals surface area contributed by atoms with Crippen molar-refractivity contribution in [3.63, 3.8) is 0 Å². The molecule has 0 aliphatic rings. The van der Waals surface area contributed by atoms with Crippen molar-refractivity contribution in [1.82, 2.24) is 15.3 Å². The minimum Gasteiger partial charge on any atom is -0.366 e. The summed E-state index contributed by atoms with van der Waals surface area (Å²) in [4.78, 5) is 20.1. The van der Waals surface area contributed by atoms with Gasteiger partial charge in [-0.05, 0) is 41.8 Å². The maximum Gasteiger partial charge on any atom is 0.252 e. The molecule has 0 fully saturated rings. The Bertz CT molecular complexity index is 815. The van der Waals surface area contributed by atoms with Crippen LogP contribution >= 0.6 is 0 Å². The van der Waals surface area contributed by atoms with Gasteiger partial charge in [-0.15, -0.1) is 0 Å². The van der Waals surface area contributed by atoms with Crippen molar-refractivity contribution in [3.8, 4) is 11.1 Å². The summed E-state index contributed by atoms with van der Waals surface area (Å²) in [5.41, 5.74) is 3.96. The molecule has 0 spiro atoms. The maximum atomic E-state index is 11.7. The van der Waals surface area contributed by atoms with E-state index in [1.54, 1.807) is 18.5 Å². The Balaban J connectivity index is 1.59. The molecule has 0 bridgehead atoms. The van der Waals surface area contributed by atoms with Crippen LogP contribution in [-0.2, 0) is 6.54 Å². The zero-order chi connectivity index (χ0) is 17.5. The maximum absolute atomic E-state index is 11.7. The second-order valence-corrected chi connectivity index (χ2v) is 5.58. The van der Waals surface area contributed by atoms with Crippen molar-refractivity contribution in [3.05, 3.63) is 78.2 Å². The first kappa shape index (κ1) is 16.6. The van der Waals surface area contributed by atoms with Gasteiger partial charge in [0.05, 0.1) is 5.56 Å². The van der Waals surface area contributed by atoms with E-state index in [1.807, 2.05) is 31.3 Å². The van der Waals surface area contributed by atoms with Gasteiger partial charge in [-0.2, -0.15) is 0 Å². The lowest BCUT2D eigenvalue weighted by Gasteiger charge is -2.08. The summed E-state index contributed by atoms with van der Waals surface area (Å²) in [5.74, 6) is 0.636. The predicted octanol–water partition coefficient (Wildman–Crippen LogP) is 3.51. The standard InChI is InChI=1S/C20H20N4O/c1-2-22-20(25)18-9-10-19(24-14-18)23-12-15-5-7-16(8-6-15)17-4-3-11-21-13-17/h3-11,13-14H,2,12H2,1H3,(H,22,25)(H,23,24). The first-order valence-electron chi connectivity index (χ1n) is 8.23. The normalized spacial score (nSPS) is 10.3. The molecule has 0 saturated heterocycles. The second-order valence-electron chi connectivity index (χ2n) is 5.58. The SMILES string of the molecule is CCNC(=O)c1ccc(NCc2ccc(-c3cccnc3)cc2)nc1. The summed E-state index contributed by atoms with van der Waals surface area (Å²) in [5, 5.41) is 6.02. The van der Waals surface area contributed by atoms with Crippen molar-refractivity contribution >= 4 is 11.7 Å². The van der Waals surface area contributed by atoms with Crippen LogP contribution in [0.5, 0.6) is 0 Å². The van der Waals surface area contributed by atoms with Crippen LogP contribution in [0, 0.1) is 0 Å². The molecule has 2 aromatic heterocycles. The molecule has 3 aromatic rings. The lowest BCUT2D eigenvalue weighted by molar-refractivity contribution is 0.0955. The lowest BCUT2D eigenvalue weighted by Crippen LogP contribution is -2.22. The average molecular weight is 332 g/mol. The highest BCUT2D eigenvalue weighted by atomic mass is 16.1. The number of anilines is 1. The molecular formula is C20H20N4O. The quantitative estimate of drug-likeness (QED) is 0.725. The fourth-order valence-electron chi connectivity index (χ4n) is 2.44. The number of nitrogens with zero attached hydrogens (tertiary/aromatic N) is 2. The summed E-state index contributed by atoms with van der Waals surface area (Å²) < 4.78 is 0. The lowest BCUT2D eigenvalue weighted by atomic mass is 10.1. The van der Waals surface area contributed by atoms with Gasteiger partial charge in [-0.3, -0.25) is 9.78 Å². The third-order valence-corrected chi connectivity index (χ3v) is 3.79. The number of pyridine rings is 2. The summed E-state index contributed by atoms with van der Waals surface area (Å²) >= 11 is 0. The first-order valence-corrected chi connectivity index (χ1v) is 8.23. The number of amides is 1. The molecule has 2 heterocycles. The molecule has 5 heteroatoms. The van der Waals surface area contributed by atoms with Crippen molar-refractivity contribution in [2.45, 2.75) is 13.5 Å². The Morgan fingerprint density at radius 1 is 1.00 bits per heavy atom. The highest BCUT2D eigenvalue weighted by Gasteiger charge is 2.04. The van der Waals surface area contributed by atoms with Gasteiger partial charge in [0.1, 0.15) is 5.82 Å². The number of benzene rings is 1. The van der Waals surface area contributed by atoms with Gasteiger partial charge in [0.15, 0.2) is 0 Å². The van der Waals surface area contributed by atoms with Crippen LogP contribution in [-0.4, -0.2) is 22.4 Å². The van der Waals surface area contributed by atoms with Gasteiger partial charge in [-0.25, -0.2) is 4.98 Å². The summed E-state index contributed by atoms with van der Waals surface area (Å²) in [6.45, 7) is 3.16. The van der Waals surface area contributed by atoms with Crippen LogP contribution in [0.25, 0.3) is 11.1 Å². The number of carbonyl (C=O) groups excluding carboxylic acids is 1. The van der Waals surface area contributed by atoms with Crippen LogP contribution in [0.4, 0.5) is 5.82 Å². The number of rotatable bonds is 6. The summed E-state index contributed by atoms with van der Waals surface area (Å²) in [7, 11) is 0. The topological polar surface area (TPSA) is 66.9 Å².